The Morgan fingerprint density at radius 3 is 2.37 bits per heavy atom. The number of phenolic OH excluding ortho intramolecular Hbond substituents is 1. The Morgan fingerprint density at radius 2 is 1.81 bits per heavy atom. The van der Waals surface area contributed by atoms with Crippen molar-refractivity contribution < 1.29 is 28.9 Å². The van der Waals surface area contributed by atoms with Crippen molar-refractivity contribution in [2.75, 3.05) is 6.61 Å². The second-order valence-electron chi connectivity index (χ2n) is 7.86. The van der Waals surface area contributed by atoms with Gasteiger partial charge in [0, 0.05) is 19.4 Å². The summed E-state index contributed by atoms with van der Waals surface area (Å²) in [4.78, 5) is 22.5. The van der Waals surface area contributed by atoms with E-state index in [0.29, 0.717) is 5.56 Å². The maximum atomic E-state index is 11.3. The van der Waals surface area contributed by atoms with Crippen LogP contribution in [0.5, 0.6) is 5.75 Å². The van der Waals surface area contributed by atoms with Gasteiger partial charge in [-0.2, -0.15) is 0 Å². The van der Waals surface area contributed by atoms with Gasteiger partial charge in [0.15, 0.2) is 0 Å². The van der Waals surface area contributed by atoms with Crippen LogP contribution >= 0.6 is 0 Å². The number of aryl methyl sites for hydroxylation is 1. The lowest BCUT2D eigenvalue weighted by Crippen LogP contribution is -2.39. The number of benzene rings is 1. The molecule has 1 aromatic carbocycles. The third-order valence-corrected chi connectivity index (χ3v) is 4.31. The molecule has 148 valence electrons. The molecule has 0 fully saturated rings. The largest absolute Gasteiger partial charge is 0.507 e. The Kier molecular flexibility index (Phi) is 6.31. The second kappa shape index (κ2) is 8.13. The van der Waals surface area contributed by atoms with Crippen molar-refractivity contribution in [1.82, 2.24) is 0 Å². The van der Waals surface area contributed by atoms with Crippen LogP contribution in [0.3, 0.4) is 0 Å². The molecule has 6 nitrogen and oxygen atoms in total. The van der Waals surface area contributed by atoms with Crippen LogP contribution in [0, 0.1) is 6.92 Å². The molecule has 0 amide bonds. The van der Waals surface area contributed by atoms with E-state index >= 15 is 0 Å². The maximum Gasteiger partial charge on any atom is 0.303 e. The molecule has 1 aromatic rings. The molecule has 0 radical (unpaired) electrons. The minimum absolute atomic E-state index is 0.0488. The average molecular weight is 376 g/mol. The van der Waals surface area contributed by atoms with Gasteiger partial charge in [-0.05, 0) is 30.0 Å². The first-order valence-electron chi connectivity index (χ1n) is 8.97. The molecule has 0 unspecified atom stereocenters. The summed E-state index contributed by atoms with van der Waals surface area (Å²) in [6.07, 6.45) is 1.59. The van der Waals surface area contributed by atoms with Crippen LogP contribution < -0.4 is 0 Å². The van der Waals surface area contributed by atoms with Gasteiger partial charge in [-0.25, -0.2) is 0 Å². The molecule has 1 heterocycles. The normalized spacial score (nSPS) is 22.4. The zero-order valence-corrected chi connectivity index (χ0v) is 16.7. The van der Waals surface area contributed by atoms with Gasteiger partial charge in [0.05, 0.1) is 0 Å². The smallest absolute Gasteiger partial charge is 0.303 e. The van der Waals surface area contributed by atoms with Crippen LogP contribution in [0.15, 0.2) is 24.3 Å². The summed E-state index contributed by atoms with van der Waals surface area (Å²) >= 11 is 0. The zero-order valence-electron chi connectivity index (χ0n) is 16.7. The maximum absolute atomic E-state index is 11.3. The van der Waals surface area contributed by atoms with Gasteiger partial charge in [0.2, 0.25) is 0 Å². The van der Waals surface area contributed by atoms with E-state index in [9.17, 15) is 14.7 Å². The number of hydrogen-bond donors (Lipinski definition) is 1. The highest BCUT2D eigenvalue weighted by atomic mass is 16.6. The molecule has 6 heteroatoms. The first-order chi connectivity index (χ1) is 12.5. The fourth-order valence-corrected chi connectivity index (χ4v) is 3.06. The molecule has 0 aromatic heterocycles. The molecule has 1 aliphatic heterocycles. The van der Waals surface area contributed by atoms with E-state index in [0.717, 1.165) is 11.1 Å². The molecule has 1 N–H and O–H groups in total. The summed E-state index contributed by atoms with van der Waals surface area (Å²) in [5.74, 6) is -0.715. The average Bonchev–Trinajstić information content (AvgIpc) is 2.54. The monoisotopic (exact) mass is 376 g/mol. The van der Waals surface area contributed by atoms with E-state index in [1.165, 1.54) is 13.8 Å². The highest BCUT2D eigenvalue weighted by Gasteiger charge is 2.33. The summed E-state index contributed by atoms with van der Waals surface area (Å²) in [7, 11) is 0. The Balaban J connectivity index is 2.37. The highest BCUT2D eigenvalue weighted by molar-refractivity contribution is 5.67. The number of hydrogen-bond acceptors (Lipinski definition) is 6. The first-order valence-corrected chi connectivity index (χ1v) is 8.97. The number of rotatable bonds is 4. The lowest BCUT2D eigenvalue weighted by atomic mass is 9.83. The second-order valence-corrected chi connectivity index (χ2v) is 7.86. The van der Waals surface area contributed by atoms with Crippen molar-refractivity contribution in [2.45, 2.75) is 65.3 Å². The summed E-state index contributed by atoms with van der Waals surface area (Å²) in [5.41, 5.74) is 2.22. The number of phenols is 1. The number of carbonyl (C=O) groups is 2. The fourth-order valence-electron chi connectivity index (χ4n) is 3.06. The minimum atomic E-state index is -0.661. The molecule has 1 aliphatic rings. The van der Waals surface area contributed by atoms with Crippen LogP contribution in [-0.4, -0.2) is 35.9 Å². The molecule has 0 aliphatic carbocycles. The highest BCUT2D eigenvalue weighted by Crippen LogP contribution is 2.40. The Morgan fingerprint density at radius 1 is 1.15 bits per heavy atom. The molecule has 0 saturated carbocycles. The number of esters is 2. The van der Waals surface area contributed by atoms with Crippen LogP contribution in [0.4, 0.5) is 0 Å². The molecular weight excluding hydrogens is 348 g/mol. The summed E-state index contributed by atoms with van der Waals surface area (Å²) < 4.78 is 16.3. The molecule has 3 atom stereocenters. The first kappa shape index (κ1) is 21.0. The van der Waals surface area contributed by atoms with Crippen molar-refractivity contribution in [2.24, 2.45) is 0 Å². The van der Waals surface area contributed by atoms with Crippen molar-refractivity contribution in [3.63, 3.8) is 0 Å². The fraction of sp³-hybridized carbons (Fsp3) is 0.524. The van der Waals surface area contributed by atoms with Gasteiger partial charge in [0.1, 0.15) is 30.7 Å². The molecule has 0 bridgehead atoms. The Hall–Kier alpha value is -2.34. The van der Waals surface area contributed by atoms with Crippen LogP contribution in [0.1, 0.15) is 57.4 Å². The lowest BCUT2D eigenvalue weighted by Gasteiger charge is -2.33. The van der Waals surface area contributed by atoms with Crippen LogP contribution in [0.2, 0.25) is 0 Å². The van der Waals surface area contributed by atoms with E-state index in [2.05, 4.69) is 0 Å². The van der Waals surface area contributed by atoms with Gasteiger partial charge in [-0.15, -0.1) is 0 Å². The van der Waals surface area contributed by atoms with Gasteiger partial charge in [0.25, 0.3) is 0 Å². The van der Waals surface area contributed by atoms with Crippen molar-refractivity contribution in [3.05, 3.63) is 41.0 Å². The van der Waals surface area contributed by atoms with E-state index in [-0.39, 0.29) is 17.8 Å². The number of ether oxygens (including phenoxy) is 3. The Labute approximate surface area is 160 Å². The number of aromatic hydroxyl groups is 1. The summed E-state index contributed by atoms with van der Waals surface area (Å²) in [6, 6.07) is 3.83. The zero-order chi connectivity index (χ0) is 20.4. The van der Waals surface area contributed by atoms with Gasteiger partial charge in [-0.1, -0.05) is 38.5 Å². The van der Waals surface area contributed by atoms with E-state index in [1.54, 1.807) is 12.2 Å². The van der Waals surface area contributed by atoms with Gasteiger partial charge >= 0.3 is 11.9 Å². The van der Waals surface area contributed by atoms with E-state index in [1.807, 2.05) is 39.8 Å². The lowest BCUT2D eigenvalue weighted by molar-refractivity contribution is -0.163. The van der Waals surface area contributed by atoms with Crippen molar-refractivity contribution in [3.8, 4) is 5.75 Å². The SMILES string of the molecule is CC(=O)OC[C@H]1O[C@H](c2cc(C)cc(C(C)(C)C)c2O)C=C[C@@H]1OC(C)=O. The predicted octanol–water partition coefficient (Wildman–Crippen LogP) is 3.49. The molecule has 2 rings (SSSR count). The van der Waals surface area contributed by atoms with Crippen molar-refractivity contribution in [1.29, 1.82) is 0 Å². The Bertz CT molecular complexity index is 744. The molecule has 0 saturated heterocycles. The quantitative estimate of drug-likeness (QED) is 0.640. The third kappa shape index (κ3) is 5.32. The molecule has 27 heavy (non-hydrogen) atoms. The number of carbonyl (C=O) groups excluding carboxylic acids is 2. The third-order valence-electron chi connectivity index (χ3n) is 4.31. The predicted molar refractivity (Wildman–Crippen MR) is 100 cm³/mol. The topological polar surface area (TPSA) is 82.1 Å². The van der Waals surface area contributed by atoms with Crippen molar-refractivity contribution >= 4 is 11.9 Å². The summed E-state index contributed by atoms with van der Waals surface area (Å²) in [5, 5.41) is 10.8. The molecular formula is C21H28O6. The summed E-state index contributed by atoms with van der Waals surface area (Å²) in [6.45, 7) is 10.6. The molecule has 0 spiro atoms. The van der Waals surface area contributed by atoms with Crippen LogP contribution in [-0.2, 0) is 29.2 Å². The van der Waals surface area contributed by atoms with Gasteiger partial charge < -0.3 is 19.3 Å². The van der Waals surface area contributed by atoms with E-state index < -0.39 is 30.3 Å². The minimum Gasteiger partial charge on any atom is -0.507 e. The van der Waals surface area contributed by atoms with E-state index in [4.69, 9.17) is 14.2 Å². The van der Waals surface area contributed by atoms with Gasteiger partial charge in [-0.3, -0.25) is 9.59 Å². The standard InChI is InChI=1S/C21H28O6/c1-12-9-15(20(24)16(10-12)21(4,5)6)17-7-8-18(26-14(3)23)19(27-17)11-25-13(2)22/h7-10,17-19,24H,11H2,1-6H3/t17-,18-,19+/m0/s1. The van der Waals surface area contributed by atoms with Crippen LogP contribution in [0.25, 0.3) is 0 Å².